The van der Waals surface area contributed by atoms with Gasteiger partial charge in [-0.05, 0) is 44.4 Å². The minimum absolute atomic E-state index is 0. The Morgan fingerprint density at radius 3 is 2.15 bits per heavy atom. The molecule has 0 heterocycles. The van der Waals surface area contributed by atoms with E-state index in [0.717, 1.165) is 5.92 Å². The summed E-state index contributed by atoms with van der Waals surface area (Å²) in [4.78, 5) is 0. The van der Waals surface area contributed by atoms with Gasteiger partial charge in [-0.3, -0.25) is 0 Å². The van der Waals surface area contributed by atoms with Crippen molar-refractivity contribution in [3.05, 3.63) is 11.1 Å². The van der Waals surface area contributed by atoms with Crippen LogP contribution in [-0.4, -0.2) is 0 Å². The van der Waals surface area contributed by atoms with Crippen molar-refractivity contribution >= 4 is 0 Å². The lowest BCUT2D eigenvalue weighted by atomic mass is 9.73. The minimum atomic E-state index is 0. The van der Waals surface area contributed by atoms with Crippen LogP contribution >= 0.6 is 0 Å². The van der Waals surface area contributed by atoms with Crippen LogP contribution in [0.2, 0.25) is 0 Å². The molecule has 0 aliphatic heterocycles. The molecule has 0 nitrogen and oxygen atoms in total. The molecule has 1 saturated carbocycles. The summed E-state index contributed by atoms with van der Waals surface area (Å²) >= 11 is 0. The normalized spacial score (nSPS) is 27.7. The highest BCUT2D eigenvalue weighted by Crippen LogP contribution is 2.49. The zero-order valence-corrected chi connectivity index (χ0v) is 9.20. The molecule has 1 atom stereocenters. The zero-order valence-electron chi connectivity index (χ0n) is 9.20. The van der Waals surface area contributed by atoms with Gasteiger partial charge in [0, 0.05) is 0 Å². The first-order valence-electron chi connectivity index (χ1n) is 5.15. The van der Waals surface area contributed by atoms with Gasteiger partial charge in [0.2, 0.25) is 0 Å². The molecule has 0 radical (unpaired) electrons. The summed E-state index contributed by atoms with van der Waals surface area (Å²) in [5.74, 6) is 0.796. The largest absolute Gasteiger partial charge is 0.0776 e. The third kappa shape index (κ3) is 2.15. The molecule has 78 valence electrons. The van der Waals surface area contributed by atoms with Crippen molar-refractivity contribution in [1.82, 2.24) is 0 Å². The maximum Gasteiger partial charge on any atom is -0.00908 e. The second-order valence-corrected chi connectivity index (χ2v) is 4.90. The molecule has 0 bridgehead atoms. The monoisotopic (exact) mass is 182 g/mol. The van der Waals surface area contributed by atoms with E-state index in [1.54, 1.807) is 11.1 Å². The Morgan fingerprint density at radius 1 is 1.31 bits per heavy atom. The lowest BCUT2D eigenvalue weighted by Gasteiger charge is -2.32. The standard InChI is InChI=1S/C12H22.CH4/c1-9(2)11-7-6-8-12(11,5)10(3)4;/h10H,6-8H2,1-5H3;1H4. The van der Waals surface area contributed by atoms with Crippen LogP contribution in [0.15, 0.2) is 11.1 Å². The van der Waals surface area contributed by atoms with E-state index >= 15 is 0 Å². The first-order valence-corrected chi connectivity index (χ1v) is 5.15. The molecule has 1 unspecified atom stereocenters. The van der Waals surface area contributed by atoms with Crippen LogP contribution in [-0.2, 0) is 0 Å². The Kier molecular flexibility index (Phi) is 4.22. The Bertz CT molecular complexity index is 194. The van der Waals surface area contributed by atoms with E-state index in [-0.39, 0.29) is 7.43 Å². The van der Waals surface area contributed by atoms with E-state index in [4.69, 9.17) is 0 Å². The van der Waals surface area contributed by atoms with Crippen molar-refractivity contribution in [3.63, 3.8) is 0 Å². The van der Waals surface area contributed by atoms with Crippen molar-refractivity contribution in [1.29, 1.82) is 0 Å². The third-order valence-corrected chi connectivity index (χ3v) is 3.69. The van der Waals surface area contributed by atoms with E-state index in [0.29, 0.717) is 5.41 Å². The molecule has 1 rings (SSSR count). The molecule has 0 N–H and O–H groups in total. The zero-order chi connectivity index (χ0) is 9.35. The van der Waals surface area contributed by atoms with Gasteiger partial charge in [0.1, 0.15) is 0 Å². The van der Waals surface area contributed by atoms with E-state index in [9.17, 15) is 0 Å². The quantitative estimate of drug-likeness (QED) is 0.511. The minimum Gasteiger partial charge on any atom is -0.0776 e. The second-order valence-electron chi connectivity index (χ2n) is 4.90. The second kappa shape index (κ2) is 4.30. The maximum absolute atomic E-state index is 2.44. The van der Waals surface area contributed by atoms with Gasteiger partial charge in [0.25, 0.3) is 0 Å². The van der Waals surface area contributed by atoms with E-state index in [2.05, 4.69) is 34.6 Å². The molecular formula is C13H26. The van der Waals surface area contributed by atoms with Crippen molar-refractivity contribution in [2.45, 2.75) is 61.3 Å². The predicted octanol–water partition coefficient (Wildman–Crippen LogP) is 4.81. The molecule has 13 heavy (non-hydrogen) atoms. The topological polar surface area (TPSA) is 0 Å². The highest BCUT2D eigenvalue weighted by atomic mass is 14.4. The summed E-state index contributed by atoms with van der Waals surface area (Å²) in [5.41, 5.74) is 3.81. The Balaban J connectivity index is 0.00000144. The SMILES string of the molecule is C.CC(C)=C1CCCC1(C)C(C)C. The molecule has 1 aliphatic carbocycles. The average Bonchev–Trinajstić information content (AvgIpc) is 2.32. The van der Waals surface area contributed by atoms with E-state index in [1.807, 2.05) is 0 Å². The lowest BCUT2D eigenvalue weighted by molar-refractivity contribution is 0.283. The average molecular weight is 182 g/mol. The summed E-state index contributed by atoms with van der Waals surface area (Å²) < 4.78 is 0. The Labute approximate surface area is 84.4 Å². The van der Waals surface area contributed by atoms with Crippen LogP contribution in [0.4, 0.5) is 0 Å². The number of hydrogen-bond donors (Lipinski definition) is 0. The van der Waals surface area contributed by atoms with Gasteiger partial charge in [0.15, 0.2) is 0 Å². The molecule has 1 aliphatic rings. The fourth-order valence-corrected chi connectivity index (χ4v) is 2.53. The fourth-order valence-electron chi connectivity index (χ4n) is 2.53. The summed E-state index contributed by atoms with van der Waals surface area (Å²) in [6, 6.07) is 0. The van der Waals surface area contributed by atoms with Crippen molar-refractivity contribution in [3.8, 4) is 0 Å². The van der Waals surface area contributed by atoms with E-state index in [1.165, 1.54) is 19.3 Å². The van der Waals surface area contributed by atoms with Crippen LogP contribution in [0, 0.1) is 11.3 Å². The van der Waals surface area contributed by atoms with Crippen LogP contribution in [0.25, 0.3) is 0 Å². The van der Waals surface area contributed by atoms with Gasteiger partial charge in [0.05, 0.1) is 0 Å². The molecule has 0 aromatic rings. The predicted molar refractivity (Wildman–Crippen MR) is 61.9 cm³/mol. The summed E-state index contributed by atoms with van der Waals surface area (Å²) in [6.07, 6.45) is 4.14. The molecule has 0 heteroatoms. The maximum atomic E-state index is 2.44. The van der Waals surface area contributed by atoms with Crippen molar-refractivity contribution < 1.29 is 0 Å². The first kappa shape index (κ1) is 12.7. The van der Waals surface area contributed by atoms with Crippen molar-refractivity contribution in [2.24, 2.45) is 11.3 Å². The Morgan fingerprint density at radius 2 is 1.85 bits per heavy atom. The van der Waals surface area contributed by atoms with Gasteiger partial charge in [-0.1, -0.05) is 39.3 Å². The van der Waals surface area contributed by atoms with E-state index < -0.39 is 0 Å². The third-order valence-electron chi connectivity index (χ3n) is 3.69. The van der Waals surface area contributed by atoms with Gasteiger partial charge in [-0.25, -0.2) is 0 Å². The lowest BCUT2D eigenvalue weighted by Crippen LogP contribution is -2.21. The first-order chi connectivity index (χ1) is 5.48. The van der Waals surface area contributed by atoms with Crippen LogP contribution in [0.3, 0.4) is 0 Å². The van der Waals surface area contributed by atoms with Gasteiger partial charge >= 0.3 is 0 Å². The van der Waals surface area contributed by atoms with Crippen molar-refractivity contribution in [2.75, 3.05) is 0 Å². The van der Waals surface area contributed by atoms with Gasteiger partial charge in [-0.15, -0.1) is 0 Å². The van der Waals surface area contributed by atoms with Crippen LogP contribution < -0.4 is 0 Å². The highest BCUT2D eigenvalue weighted by Gasteiger charge is 2.36. The molecule has 0 aromatic carbocycles. The fraction of sp³-hybridized carbons (Fsp3) is 0.846. The highest BCUT2D eigenvalue weighted by molar-refractivity contribution is 5.23. The molecule has 0 spiro atoms. The Hall–Kier alpha value is -0.260. The molecular weight excluding hydrogens is 156 g/mol. The molecule has 0 amide bonds. The molecule has 0 saturated heterocycles. The van der Waals surface area contributed by atoms with Crippen LogP contribution in [0.1, 0.15) is 61.3 Å². The molecule has 1 fully saturated rings. The van der Waals surface area contributed by atoms with Gasteiger partial charge < -0.3 is 0 Å². The number of hydrogen-bond acceptors (Lipinski definition) is 0. The van der Waals surface area contributed by atoms with Gasteiger partial charge in [-0.2, -0.15) is 0 Å². The smallest absolute Gasteiger partial charge is 0.00908 e. The number of allylic oxidation sites excluding steroid dienone is 2. The summed E-state index contributed by atoms with van der Waals surface area (Å²) in [5, 5.41) is 0. The summed E-state index contributed by atoms with van der Waals surface area (Å²) in [7, 11) is 0. The van der Waals surface area contributed by atoms with Crippen LogP contribution in [0.5, 0.6) is 0 Å². The summed E-state index contributed by atoms with van der Waals surface area (Å²) in [6.45, 7) is 11.7. The molecule has 0 aromatic heterocycles. The number of rotatable bonds is 1.